The molecule has 0 amide bonds. The normalized spacial score (nSPS) is 11.4. The van der Waals surface area contributed by atoms with Crippen LogP contribution >= 0.6 is 15.8 Å². The van der Waals surface area contributed by atoms with Gasteiger partial charge in [-0.15, -0.1) is 0 Å². The van der Waals surface area contributed by atoms with Gasteiger partial charge in [0.1, 0.15) is 0 Å². The van der Waals surface area contributed by atoms with Crippen molar-refractivity contribution >= 4 is 69.2 Å². The van der Waals surface area contributed by atoms with E-state index in [-0.39, 0.29) is 0 Å². The number of hydrogen-bond acceptors (Lipinski definition) is 0. The molecule has 0 aromatic heterocycles. The summed E-state index contributed by atoms with van der Waals surface area (Å²) in [5, 5.41) is 13.2. The van der Waals surface area contributed by atoms with E-state index in [9.17, 15) is 0 Å². The van der Waals surface area contributed by atoms with E-state index < -0.39 is 15.8 Å². The fourth-order valence-electron chi connectivity index (χ4n) is 7.34. The molecular weight excluding hydrogens is 662 g/mol. The zero-order chi connectivity index (χ0) is 34.7. The second kappa shape index (κ2) is 14.5. The van der Waals surface area contributed by atoms with Crippen LogP contribution in [-0.2, 0) is 0 Å². The van der Waals surface area contributed by atoms with Crippen molar-refractivity contribution in [3.8, 4) is 22.3 Å². The van der Waals surface area contributed by atoms with Crippen LogP contribution in [0.25, 0.3) is 43.8 Å². The van der Waals surface area contributed by atoms with Gasteiger partial charge in [-0.3, -0.25) is 0 Å². The highest BCUT2D eigenvalue weighted by molar-refractivity contribution is 7.80. The SMILES string of the molecule is c1ccc(P(c2ccccc2)c2ccc(-c3cccc4cc5cccc(-c6ccc(P(c7ccccc7)c7ccccc7)cc6)c5cc34)cc2)cc1. The summed E-state index contributed by atoms with van der Waals surface area (Å²) < 4.78 is 0. The molecule has 0 aliphatic heterocycles. The van der Waals surface area contributed by atoms with Crippen LogP contribution in [0.3, 0.4) is 0 Å². The molecule has 0 fully saturated rings. The van der Waals surface area contributed by atoms with Crippen molar-refractivity contribution in [1.29, 1.82) is 0 Å². The van der Waals surface area contributed by atoms with Gasteiger partial charge in [0, 0.05) is 0 Å². The molecule has 0 saturated carbocycles. The van der Waals surface area contributed by atoms with E-state index >= 15 is 0 Å². The minimum Gasteiger partial charge on any atom is -0.0622 e. The second-order valence-electron chi connectivity index (χ2n) is 13.0. The summed E-state index contributed by atoms with van der Waals surface area (Å²) in [6.45, 7) is 0. The Morgan fingerprint density at radius 3 is 0.865 bits per heavy atom. The number of hydrogen-bond donors (Lipinski definition) is 0. The van der Waals surface area contributed by atoms with Crippen molar-refractivity contribution < 1.29 is 0 Å². The highest BCUT2D eigenvalue weighted by Gasteiger charge is 2.18. The quantitative estimate of drug-likeness (QED) is 0.109. The van der Waals surface area contributed by atoms with Gasteiger partial charge in [0.25, 0.3) is 0 Å². The molecule has 9 aromatic carbocycles. The van der Waals surface area contributed by atoms with Crippen LogP contribution in [0.5, 0.6) is 0 Å². The number of fused-ring (bicyclic) bond motifs is 2. The van der Waals surface area contributed by atoms with Gasteiger partial charge < -0.3 is 0 Å². The molecule has 0 spiro atoms. The molecule has 9 rings (SSSR count). The fourth-order valence-corrected chi connectivity index (χ4v) is 11.9. The molecule has 0 bridgehead atoms. The second-order valence-corrected chi connectivity index (χ2v) is 17.5. The Labute approximate surface area is 308 Å². The summed E-state index contributed by atoms with van der Waals surface area (Å²) in [5.74, 6) is 0. The highest BCUT2D eigenvalue weighted by atomic mass is 31.1. The smallest absolute Gasteiger partial charge is 0.00988 e. The lowest BCUT2D eigenvalue weighted by molar-refractivity contribution is 1.66. The van der Waals surface area contributed by atoms with Gasteiger partial charge >= 0.3 is 0 Å². The van der Waals surface area contributed by atoms with Crippen LogP contribution in [0.15, 0.2) is 218 Å². The Morgan fingerprint density at radius 1 is 0.231 bits per heavy atom. The maximum atomic E-state index is 2.42. The first kappa shape index (κ1) is 32.3. The molecule has 2 heteroatoms. The lowest BCUT2D eigenvalue weighted by Gasteiger charge is -2.20. The Morgan fingerprint density at radius 2 is 0.538 bits per heavy atom. The molecule has 0 aliphatic carbocycles. The zero-order valence-corrected chi connectivity index (χ0v) is 30.5. The average Bonchev–Trinajstić information content (AvgIpc) is 3.22. The van der Waals surface area contributed by atoms with Gasteiger partial charge in [0.2, 0.25) is 0 Å². The molecule has 52 heavy (non-hydrogen) atoms. The van der Waals surface area contributed by atoms with Crippen molar-refractivity contribution in [2.75, 3.05) is 0 Å². The summed E-state index contributed by atoms with van der Waals surface area (Å²) in [6.07, 6.45) is 0. The molecule has 9 aromatic rings. The predicted octanol–water partition coefficient (Wildman–Crippen LogP) is 10.8. The van der Waals surface area contributed by atoms with E-state index in [2.05, 4.69) is 218 Å². The minimum atomic E-state index is -0.648. The first-order valence-electron chi connectivity index (χ1n) is 17.8. The van der Waals surface area contributed by atoms with Gasteiger partial charge in [-0.05, 0) is 104 Å². The van der Waals surface area contributed by atoms with Crippen LogP contribution < -0.4 is 31.8 Å². The first-order valence-corrected chi connectivity index (χ1v) is 20.5. The van der Waals surface area contributed by atoms with Gasteiger partial charge in [-0.2, -0.15) is 0 Å². The molecule has 246 valence electrons. The van der Waals surface area contributed by atoms with Gasteiger partial charge in [-0.25, -0.2) is 0 Å². The van der Waals surface area contributed by atoms with E-state index in [4.69, 9.17) is 0 Å². The molecule has 0 atom stereocenters. The number of benzene rings is 9. The standard InChI is InChI=1S/C50H36P2/c1-5-17-41(18-6-1)51(42-19-7-2-8-20-42)45-31-27-37(28-32-45)47-25-13-15-39-35-40-16-14-26-48(50(40)36-49(39)47)38-29-33-46(34-30-38)52(43-21-9-3-10-22-43)44-23-11-4-12-24-44/h1-36H. The zero-order valence-electron chi connectivity index (χ0n) is 28.7. The summed E-state index contributed by atoms with van der Waals surface area (Å²) in [4.78, 5) is 0. The topological polar surface area (TPSA) is 0 Å². The third-order valence-corrected chi connectivity index (χ3v) is 14.7. The Kier molecular flexibility index (Phi) is 9.02. The van der Waals surface area contributed by atoms with E-state index in [0.29, 0.717) is 0 Å². The molecule has 0 radical (unpaired) electrons. The lowest BCUT2D eigenvalue weighted by Crippen LogP contribution is -2.20. The highest BCUT2D eigenvalue weighted by Crippen LogP contribution is 2.39. The van der Waals surface area contributed by atoms with Crippen molar-refractivity contribution in [1.82, 2.24) is 0 Å². The summed E-state index contributed by atoms with van der Waals surface area (Å²) in [5.41, 5.74) is 5.00. The third kappa shape index (κ3) is 6.38. The van der Waals surface area contributed by atoms with E-state index in [0.717, 1.165) is 0 Å². The van der Waals surface area contributed by atoms with Crippen LogP contribution in [0.2, 0.25) is 0 Å². The molecule has 0 N–H and O–H groups in total. The van der Waals surface area contributed by atoms with E-state index in [1.54, 1.807) is 0 Å². The molecule has 0 nitrogen and oxygen atoms in total. The molecule has 0 heterocycles. The molecule has 0 unspecified atom stereocenters. The van der Waals surface area contributed by atoms with Crippen molar-refractivity contribution in [3.05, 3.63) is 218 Å². The third-order valence-electron chi connectivity index (χ3n) is 9.81. The largest absolute Gasteiger partial charge is 0.0622 e. The Hall–Kier alpha value is -5.64. The van der Waals surface area contributed by atoms with Gasteiger partial charge in [0.05, 0.1) is 0 Å². The maximum absolute atomic E-state index is 2.42. The predicted molar refractivity (Wildman–Crippen MR) is 230 cm³/mol. The average molecular weight is 699 g/mol. The fraction of sp³-hybridized carbons (Fsp3) is 0. The van der Waals surface area contributed by atoms with Crippen LogP contribution in [0, 0.1) is 0 Å². The van der Waals surface area contributed by atoms with Crippen LogP contribution in [0.1, 0.15) is 0 Å². The van der Waals surface area contributed by atoms with E-state index in [1.165, 1.54) is 75.6 Å². The minimum absolute atomic E-state index is 0.648. The van der Waals surface area contributed by atoms with Crippen molar-refractivity contribution in [3.63, 3.8) is 0 Å². The molecule has 0 aliphatic rings. The van der Waals surface area contributed by atoms with E-state index in [1.807, 2.05) is 0 Å². The summed E-state index contributed by atoms with van der Waals surface area (Å²) >= 11 is 0. The van der Waals surface area contributed by atoms with Crippen LogP contribution in [-0.4, -0.2) is 0 Å². The first-order chi connectivity index (χ1) is 25.8. The molecular formula is C50H36P2. The summed E-state index contributed by atoms with van der Waals surface area (Å²) in [6, 6.07) is 80.5. The molecule has 0 saturated heterocycles. The van der Waals surface area contributed by atoms with Crippen molar-refractivity contribution in [2.45, 2.75) is 0 Å². The Balaban J connectivity index is 1.10. The monoisotopic (exact) mass is 698 g/mol. The van der Waals surface area contributed by atoms with Crippen molar-refractivity contribution in [2.24, 2.45) is 0 Å². The number of rotatable bonds is 8. The van der Waals surface area contributed by atoms with Gasteiger partial charge in [0.15, 0.2) is 0 Å². The van der Waals surface area contributed by atoms with Crippen LogP contribution in [0.4, 0.5) is 0 Å². The summed E-state index contributed by atoms with van der Waals surface area (Å²) in [7, 11) is -1.30. The van der Waals surface area contributed by atoms with Gasteiger partial charge in [-0.1, -0.05) is 206 Å². The maximum Gasteiger partial charge on any atom is -0.00988 e. The lowest BCUT2D eigenvalue weighted by atomic mass is 9.92. The Bertz CT molecular complexity index is 2320.